The number of carbonyl (C=O) groups excluding carboxylic acids is 4. The number of ether oxygens (including phenoxy) is 2. The van der Waals surface area contributed by atoms with Gasteiger partial charge < -0.3 is 9.47 Å². The van der Waals surface area contributed by atoms with Crippen LogP contribution in [0.1, 0.15) is 59.3 Å². The molecule has 0 aromatic heterocycles. The van der Waals surface area contributed by atoms with Crippen molar-refractivity contribution < 1.29 is 37.7 Å². The predicted octanol–water partition coefficient (Wildman–Crippen LogP) is 1.51. The fourth-order valence-electron chi connectivity index (χ4n) is 2.89. The largest absolute Gasteiger partial charge is 0.527 e. The first-order chi connectivity index (χ1) is 12.8. The van der Waals surface area contributed by atoms with Gasteiger partial charge in [-0.05, 0) is 12.8 Å². The molecule has 2 unspecified atom stereocenters. The van der Waals surface area contributed by atoms with E-state index in [4.69, 9.17) is 18.5 Å². The highest BCUT2D eigenvalue weighted by molar-refractivity contribution is 7.63. The average molecular weight is 405 g/mol. The maximum Gasteiger partial charge on any atom is 0.527 e. The molecule has 10 nitrogen and oxygen atoms in total. The van der Waals surface area contributed by atoms with Gasteiger partial charge in [-0.1, -0.05) is 26.7 Å². The van der Waals surface area contributed by atoms with Crippen LogP contribution in [-0.2, 0) is 37.7 Å². The lowest BCUT2D eigenvalue weighted by Gasteiger charge is -2.19. The lowest BCUT2D eigenvalue weighted by atomic mass is 9.92. The van der Waals surface area contributed by atoms with Gasteiger partial charge in [0.1, 0.15) is 0 Å². The van der Waals surface area contributed by atoms with Crippen molar-refractivity contribution in [2.45, 2.75) is 77.7 Å². The Labute approximate surface area is 158 Å². The van der Waals surface area contributed by atoms with E-state index in [9.17, 15) is 19.2 Å². The van der Waals surface area contributed by atoms with E-state index in [1.165, 1.54) is 6.92 Å². The number of hydrogen-bond donors (Lipinski definition) is 2. The SMILES string of the molecule is CCC(=O)O[C@H](C)OC(=O)C(=O)O[P+]1(OC(=O)CC)NC2CCCCC2N1. The first kappa shape index (κ1) is 21.5. The number of hydrogen-bond acceptors (Lipinski definition) is 10. The zero-order chi connectivity index (χ0) is 20.0. The van der Waals surface area contributed by atoms with Crippen molar-refractivity contribution in [3.8, 4) is 0 Å². The molecule has 1 aliphatic carbocycles. The van der Waals surface area contributed by atoms with Gasteiger partial charge in [0.15, 0.2) is 0 Å². The summed E-state index contributed by atoms with van der Waals surface area (Å²) in [6.45, 7) is 4.50. The summed E-state index contributed by atoms with van der Waals surface area (Å²) in [5.74, 6) is -3.80. The van der Waals surface area contributed by atoms with Crippen LogP contribution in [0.5, 0.6) is 0 Å². The van der Waals surface area contributed by atoms with Gasteiger partial charge in [0.2, 0.25) is 6.29 Å². The van der Waals surface area contributed by atoms with Crippen LogP contribution in [0.25, 0.3) is 0 Å². The van der Waals surface area contributed by atoms with Crippen molar-refractivity contribution >= 4 is 31.9 Å². The Morgan fingerprint density at radius 1 is 0.889 bits per heavy atom. The van der Waals surface area contributed by atoms with Crippen LogP contribution < -0.4 is 10.2 Å². The Hall–Kier alpha value is -1.77. The van der Waals surface area contributed by atoms with E-state index in [0.29, 0.717) is 0 Å². The lowest BCUT2D eigenvalue weighted by molar-refractivity contribution is -0.189. The van der Waals surface area contributed by atoms with Crippen molar-refractivity contribution in [1.82, 2.24) is 10.2 Å². The third-order valence-electron chi connectivity index (χ3n) is 4.19. The van der Waals surface area contributed by atoms with Gasteiger partial charge in [0, 0.05) is 19.8 Å². The van der Waals surface area contributed by atoms with Gasteiger partial charge in [-0.15, -0.1) is 10.2 Å². The topological polar surface area (TPSA) is 129 Å². The van der Waals surface area contributed by atoms with E-state index in [0.717, 1.165) is 25.7 Å². The predicted molar refractivity (Wildman–Crippen MR) is 93.6 cm³/mol. The van der Waals surface area contributed by atoms with Crippen LogP contribution >= 0.6 is 8.02 Å². The highest BCUT2D eigenvalue weighted by Crippen LogP contribution is 2.59. The van der Waals surface area contributed by atoms with E-state index in [2.05, 4.69) is 10.2 Å². The fourth-order valence-corrected chi connectivity index (χ4v) is 5.43. The van der Waals surface area contributed by atoms with E-state index < -0.39 is 38.2 Å². The molecule has 3 atom stereocenters. The first-order valence-electron chi connectivity index (χ1n) is 9.09. The van der Waals surface area contributed by atoms with Gasteiger partial charge in [-0.25, -0.2) is 23.4 Å². The second kappa shape index (κ2) is 9.43. The summed E-state index contributed by atoms with van der Waals surface area (Å²) < 4.78 is 20.1. The fraction of sp³-hybridized carbons (Fsp3) is 0.750. The van der Waals surface area contributed by atoms with Crippen molar-refractivity contribution in [2.75, 3.05) is 0 Å². The molecule has 1 heterocycles. The zero-order valence-electron chi connectivity index (χ0n) is 15.7. The van der Waals surface area contributed by atoms with Crippen LogP contribution in [0.3, 0.4) is 0 Å². The molecule has 0 aromatic carbocycles. The first-order valence-corrected chi connectivity index (χ1v) is 10.7. The average Bonchev–Trinajstić information content (AvgIpc) is 2.98. The molecule has 0 bridgehead atoms. The molecule has 1 saturated heterocycles. The smallest absolute Gasteiger partial charge is 0.425 e. The van der Waals surface area contributed by atoms with Gasteiger partial charge in [-0.3, -0.25) is 4.79 Å². The third-order valence-corrected chi connectivity index (χ3v) is 6.42. The summed E-state index contributed by atoms with van der Waals surface area (Å²) >= 11 is 0. The second-order valence-corrected chi connectivity index (χ2v) is 8.30. The molecule has 2 rings (SSSR count). The zero-order valence-corrected chi connectivity index (χ0v) is 16.6. The molecular formula is C16H26N2O8P+. The van der Waals surface area contributed by atoms with E-state index in [1.54, 1.807) is 13.8 Å². The summed E-state index contributed by atoms with van der Waals surface area (Å²) in [6.07, 6.45) is 2.65. The molecule has 0 amide bonds. The second-order valence-electron chi connectivity index (χ2n) is 6.32. The number of esters is 2. The van der Waals surface area contributed by atoms with Crippen LogP contribution in [0.4, 0.5) is 0 Å². The molecule has 1 saturated carbocycles. The minimum Gasteiger partial charge on any atom is -0.425 e. The molecule has 0 spiro atoms. The summed E-state index contributed by atoms with van der Waals surface area (Å²) in [6, 6.07) is -0.0185. The minimum absolute atomic E-state index is 0.00927. The molecule has 27 heavy (non-hydrogen) atoms. The van der Waals surface area contributed by atoms with Crippen molar-refractivity contribution in [3.05, 3.63) is 0 Å². The van der Waals surface area contributed by atoms with E-state index >= 15 is 0 Å². The van der Waals surface area contributed by atoms with Crippen LogP contribution in [0, 0.1) is 0 Å². The van der Waals surface area contributed by atoms with Gasteiger partial charge in [-0.2, -0.15) is 0 Å². The lowest BCUT2D eigenvalue weighted by Crippen LogP contribution is -2.36. The van der Waals surface area contributed by atoms with Crippen molar-refractivity contribution in [3.63, 3.8) is 0 Å². The van der Waals surface area contributed by atoms with Gasteiger partial charge in [0.05, 0.1) is 12.1 Å². The number of carbonyl (C=O) groups is 4. The van der Waals surface area contributed by atoms with Crippen molar-refractivity contribution in [1.29, 1.82) is 0 Å². The number of rotatable bonds is 6. The standard InChI is InChI=1S/C16H26N2O8P/c1-4-13(19)23-10(3)24-15(21)16(22)26-27(25-14(20)5-2)17-11-8-6-7-9-12(11)18-27/h10-12,17-18H,4-9H2,1-3H3/q+1/t10-,11?,12?,27?/m0/s1. The van der Waals surface area contributed by atoms with Gasteiger partial charge >= 0.3 is 31.9 Å². The van der Waals surface area contributed by atoms with Crippen LogP contribution in [0.15, 0.2) is 0 Å². The molecule has 0 radical (unpaired) electrons. The van der Waals surface area contributed by atoms with Crippen LogP contribution in [-0.4, -0.2) is 42.3 Å². The molecule has 2 N–H and O–H groups in total. The quantitative estimate of drug-likeness (QED) is 0.290. The molecule has 0 aromatic rings. The highest BCUT2D eigenvalue weighted by Gasteiger charge is 2.61. The van der Waals surface area contributed by atoms with E-state index in [-0.39, 0.29) is 24.9 Å². The summed E-state index contributed by atoms with van der Waals surface area (Å²) in [5.41, 5.74) is 0. The van der Waals surface area contributed by atoms with Crippen LogP contribution in [0.2, 0.25) is 0 Å². The summed E-state index contributed by atoms with van der Waals surface area (Å²) in [4.78, 5) is 47.2. The molecule has 1 aliphatic heterocycles. The molecular weight excluding hydrogens is 379 g/mol. The van der Waals surface area contributed by atoms with Gasteiger partial charge in [0.25, 0.3) is 0 Å². The molecule has 2 fully saturated rings. The normalized spacial score (nSPS) is 27.8. The Kier molecular flexibility index (Phi) is 7.52. The molecule has 11 heteroatoms. The minimum atomic E-state index is -3.32. The maximum atomic E-state index is 12.2. The molecule has 152 valence electrons. The summed E-state index contributed by atoms with van der Waals surface area (Å²) in [5, 5.41) is 6.15. The maximum absolute atomic E-state index is 12.2. The highest BCUT2D eigenvalue weighted by atomic mass is 31.2. The Morgan fingerprint density at radius 3 is 1.96 bits per heavy atom. The third kappa shape index (κ3) is 5.85. The Morgan fingerprint density at radius 2 is 1.44 bits per heavy atom. The Bertz CT molecular complexity index is 585. The van der Waals surface area contributed by atoms with E-state index in [1.807, 2.05) is 0 Å². The number of fused-ring (bicyclic) bond motifs is 1. The number of nitrogens with one attached hydrogen (secondary N) is 2. The van der Waals surface area contributed by atoms with Crippen molar-refractivity contribution in [2.24, 2.45) is 0 Å². The summed E-state index contributed by atoms with van der Waals surface area (Å²) in [7, 11) is -3.32. The molecule has 2 aliphatic rings. The Balaban J connectivity index is 2.02. The monoisotopic (exact) mass is 405 g/mol.